The Balaban J connectivity index is 0.00000261. The van der Waals surface area contributed by atoms with Crippen molar-refractivity contribution in [2.24, 2.45) is 0 Å². The van der Waals surface area contributed by atoms with Gasteiger partial charge in [-0.2, -0.15) is 0 Å². The number of hydrogen-bond acceptors (Lipinski definition) is 11. The minimum absolute atomic E-state index is 0. The molecule has 3 heterocycles. The molecule has 144 valence electrons. The van der Waals surface area contributed by atoms with Gasteiger partial charge in [0.25, 0.3) is 7.82 Å². The molecule has 0 spiro atoms. The smallest absolute Gasteiger partial charge is 0.756 e. The normalized spacial score (nSPS) is 27.4. The molecule has 15 heteroatoms. The predicted molar refractivity (Wildman–Crippen MR) is 87.8 cm³/mol. The number of nitrogens with zero attached hydrogens (tertiary/aromatic N) is 4. The van der Waals surface area contributed by atoms with E-state index in [2.05, 4.69) is 19.5 Å². The number of anilines is 1. The predicted octanol–water partition coefficient (Wildman–Crippen LogP) is -4.38. The van der Waals surface area contributed by atoms with Gasteiger partial charge < -0.3 is 35.0 Å². The third-order valence-corrected chi connectivity index (χ3v) is 5.05. The van der Waals surface area contributed by atoms with Crippen LogP contribution < -0.4 is 40.2 Å². The number of ether oxygens (including phenoxy) is 1. The van der Waals surface area contributed by atoms with Crippen LogP contribution in [0.2, 0.25) is 0 Å². The number of aliphatic hydroxyl groups excluding tert-OH is 2. The Morgan fingerprint density at radius 3 is 2.78 bits per heavy atom. The molecule has 0 aromatic carbocycles. The van der Waals surface area contributed by atoms with Crippen LogP contribution in [0, 0.1) is 0 Å². The molecule has 5 atom stereocenters. The molecule has 0 bridgehead atoms. The summed E-state index contributed by atoms with van der Waals surface area (Å²) < 4.78 is 22.1. The molecule has 3 rings (SSSR count). The van der Waals surface area contributed by atoms with E-state index >= 15 is 0 Å². The molecule has 0 saturated carbocycles. The zero-order chi connectivity index (χ0) is 19.1. The maximum atomic E-state index is 10.7. The summed E-state index contributed by atoms with van der Waals surface area (Å²) in [5, 5.41) is 21.0. The van der Waals surface area contributed by atoms with E-state index in [4.69, 9.17) is 15.4 Å². The second kappa shape index (κ2) is 9.01. The first-order chi connectivity index (χ1) is 12.2. The number of hydrogen-bond donors (Lipinski definition) is 4. The van der Waals surface area contributed by atoms with Crippen molar-refractivity contribution in [2.75, 3.05) is 18.1 Å². The average Bonchev–Trinajstić information content (AvgIpc) is 3.05. The van der Waals surface area contributed by atoms with E-state index in [1.54, 1.807) is 0 Å². The molecule has 27 heavy (non-hydrogen) atoms. The van der Waals surface area contributed by atoms with Gasteiger partial charge in [-0.05, 0) is 5.75 Å². The number of nitrogen functional groups attached to an aromatic ring is 1. The fourth-order valence-electron chi connectivity index (χ4n) is 2.61. The van der Waals surface area contributed by atoms with Crippen molar-refractivity contribution in [3.63, 3.8) is 0 Å². The van der Waals surface area contributed by atoms with Gasteiger partial charge in [0.15, 0.2) is 28.4 Å². The summed E-state index contributed by atoms with van der Waals surface area (Å²) >= 11 is 1.34. The average molecular weight is 429 g/mol. The Bertz CT molecular complexity index is 851. The zero-order valence-electron chi connectivity index (χ0n) is 14.5. The van der Waals surface area contributed by atoms with Crippen molar-refractivity contribution in [2.45, 2.75) is 36.6 Å². The third kappa shape index (κ3) is 4.82. The number of aliphatic hydroxyl groups is 2. The number of phosphoric ester groups is 1. The Morgan fingerprint density at radius 1 is 1.44 bits per heavy atom. The first kappa shape index (κ1) is 23.0. The van der Waals surface area contributed by atoms with Crippen molar-refractivity contribution in [3.05, 3.63) is 6.33 Å². The standard InChI is InChI=1S/C12H18N5O7PS.Na/c1-2-26-12-16-6-9(13)14-4-15-10(6)17(12)11-8(19)7(18)5(24-11)3-23-25(20,21)22;/h4-5,7-8,11,18-19H,2-3H2,1H3,(H2,13,14,15)(H2,20,21,22);/q;+1/p-1/t5-,7-,8-,11-;/m1./s1. The van der Waals surface area contributed by atoms with Gasteiger partial charge in [0, 0.05) is 0 Å². The van der Waals surface area contributed by atoms with Crippen LogP contribution in [0.5, 0.6) is 0 Å². The molecular weight excluding hydrogens is 412 g/mol. The molecule has 1 saturated heterocycles. The number of thioether (sulfide) groups is 1. The monoisotopic (exact) mass is 429 g/mol. The van der Waals surface area contributed by atoms with E-state index in [0.717, 1.165) is 0 Å². The molecule has 1 aliphatic rings. The Labute approximate surface area is 180 Å². The summed E-state index contributed by atoms with van der Waals surface area (Å²) in [5.41, 5.74) is 6.42. The van der Waals surface area contributed by atoms with E-state index < -0.39 is 39.0 Å². The molecule has 0 aliphatic carbocycles. The quantitative estimate of drug-likeness (QED) is 0.196. The van der Waals surface area contributed by atoms with Crippen LogP contribution >= 0.6 is 19.6 Å². The number of aromatic nitrogens is 4. The maximum Gasteiger partial charge on any atom is 1.00 e. The fraction of sp³-hybridized carbons (Fsp3) is 0.583. The van der Waals surface area contributed by atoms with Crippen LogP contribution in [-0.4, -0.2) is 65.3 Å². The molecule has 1 fully saturated rings. The number of nitrogens with two attached hydrogens (primary N) is 1. The first-order valence-corrected chi connectivity index (χ1v) is 10.0. The maximum absolute atomic E-state index is 10.7. The summed E-state index contributed by atoms with van der Waals surface area (Å²) in [5.74, 6) is 0.797. The Hall–Kier alpha value is -0.310. The van der Waals surface area contributed by atoms with Crippen molar-refractivity contribution in [1.29, 1.82) is 0 Å². The van der Waals surface area contributed by atoms with E-state index in [1.807, 2.05) is 6.92 Å². The number of rotatable bonds is 6. The van der Waals surface area contributed by atoms with Gasteiger partial charge in [0.1, 0.15) is 24.6 Å². The van der Waals surface area contributed by atoms with Crippen molar-refractivity contribution >= 4 is 36.6 Å². The topological polar surface area (TPSA) is 189 Å². The van der Waals surface area contributed by atoms with E-state index in [1.165, 1.54) is 22.7 Å². The van der Waals surface area contributed by atoms with Crippen LogP contribution in [0.3, 0.4) is 0 Å². The minimum Gasteiger partial charge on any atom is -0.756 e. The van der Waals surface area contributed by atoms with Crippen LogP contribution in [0.15, 0.2) is 11.5 Å². The Morgan fingerprint density at radius 2 is 2.15 bits per heavy atom. The molecule has 2 aromatic rings. The number of imidazole rings is 1. The van der Waals surface area contributed by atoms with Gasteiger partial charge >= 0.3 is 29.6 Å². The van der Waals surface area contributed by atoms with Crippen molar-refractivity contribution in [1.82, 2.24) is 19.5 Å². The molecule has 1 unspecified atom stereocenters. The third-order valence-electron chi connectivity index (χ3n) is 3.74. The molecule has 1 aliphatic heterocycles. The summed E-state index contributed by atoms with van der Waals surface area (Å²) in [6, 6.07) is 0. The molecule has 0 radical (unpaired) electrons. The second-order valence-corrected chi connectivity index (χ2v) is 7.87. The minimum atomic E-state index is -4.99. The molecule has 2 aromatic heterocycles. The second-order valence-electron chi connectivity index (χ2n) is 5.44. The molecule has 5 N–H and O–H groups in total. The SMILES string of the molecule is CCSc1nc2c(N)ncnc2n1[C@@H]1O[C@H](COP(=O)([O-])O)[C@@H](O)[C@H]1O.[Na+]. The van der Waals surface area contributed by atoms with Gasteiger partial charge in [-0.1, -0.05) is 18.7 Å². The molecule has 0 amide bonds. The van der Waals surface area contributed by atoms with E-state index in [-0.39, 0.29) is 35.4 Å². The van der Waals surface area contributed by atoms with Crippen molar-refractivity contribution in [3.8, 4) is 0 Å². The first-order valence-electron chi connectivity index (χ1n) is 7.54. The van der Waals surface area contributed by atoms with Gasteiger partial charge in [0.2, 0.25) is 0 Å². The van der Waals surface area contributed by atoms with E-state index in [0.29, 0.717) is 22.1 Å². The Kier molecular flexibility index (Phi) is 7.67. The van der Waals surface area contributed by atoms with Gasteiger partial charge in [-0.15, -0.1) is 0 Å². The summed E-state index contributed by atoms with van der Waals surface area (Å²) in [6.07, 6.45) is -3.95. The van der Waals surface area contributed by atoms with E-state index in [9.17, 15) is 19.7 Å². The fourth-order valence-corrected chi connectivity index (χ4v) is 3.69. The number of fused-ring (bicyclic) bond motifs is 1. The molecular formula is C12H17N5NaO7PS. The van der Waals surface area contributed by atoms with Crippen molar-refractivity contribution < 1.29 is 63.4 Å². The molecule has 12 nitrogen and oxygen atoms in total. The summed E-state index contributed by atoms with van der Waals surface area (Å²) in [7, 11) is -4.99. The largest absolute Gasteiger partial charge is 1.00 e. The summed E-state index contributed by atoms with van der Waals surface area (Å²) in [4.78, 5) is 31.8. The van der Waals surface area contributed by atoms with Crippen LogP contribution in [0.4, 0.5) is 5.82 Å². The van der Waals surface area contributed by atoms with Crippen LogP contribution in [0.25, 0.3) is 11.2 Å². The van der Waals surface area contributed by atoms with Gasteiger partial charge in [-0.25, -0.2) is 15.0 Å². The summed E-state index contributed by atoms with van der Waals surface area (Å²) in [6.45, 7) is 1.24. The van der Waals surface area contributed by atoms with Gasteiger partial charge in [0.05, 0.1) is 6.61 Å². The van der Waals surface area contributed by atoms with Gasteiger partial charge in [-0.3, -0.25) is 9.13 Å². The van der Waals surface area contributed by atoms with Crippen LogP contribution in [-0.2, 0) is 13.8 Å². The van der Waals surface area contributed by atoms with Crippen LogP contribution in [0.1, 0.15) is 13.2 Å². The zero-order valence-corrected chi connectivity index (χ0v) is 18.2. The number of phosphoric acid groups is 1.